The maximum absolute atomic E-state index is 14.4. The molecule has 3 heterocycles. The fourth-order valence-corrected chi connectivity index (χ4v) is 5.10. The molecule has 11 heteroatoms. The number of nitrogens with zero attached hydrogens (tertiary/aromatic N) is 3. The molecule has 2 unspecified atom stereocenters. The number of aromatic nitrogens is 2. The second-order valence-corrected chi connectivity index (χ2v) is 9.95. The van der Waals surface area contributed by atoms with Crippen LogP contribution in [-0.4, -0.2) is 40.5 Å². The number of halogens is 4. The van der Waals surface area contributed by atoms with Gasteiger partial charge in [-0.3, -0.25) is 0 Å². The summed E-state index contributed by atoms with van der Waals surface area (Å²) >= 11 is 0. The van der Waals surface area contributed by atoms with Crippen molar-refractivity contribution in [3.05, 3.63) is 77.7 Å². The van der Waals surface area contributed by atoms with E-state index in [-0.39, 0.29) is 23.8 Å². The lowest BCUT2D eigenvalue weighted by Crippen LogP contribution is -2.68. The first kappa shape index (κ1) is 26.7. The predicted octanol–water partition coefficient (Wildman–Crippen LogP) is 5.54. The number of ether oxygens (including phenoxy) is 2. The number of alkyl halides is 3. The van der Waals surface area contributed by atoms with Crippen LogP contribution in [-0.2, 0) is 16.8 Å². The van der Waals surface area contributed by atoms with Gasteiger partial charge in [-0.1, -0.05) is 31.7 Å². The van der Waals surface area contributed by atoms with E-state index in [9.17, 15) is 17.6 Å². The number of aliphatic imine (C=N–C) groups is 1. The molecule has 0 spiro atoms. The van der Waals surface area contributed by atoms with E-state index >= 15 is 0 Å². The fourth-order valence-electron chi connectivity index (χ4n) is 5.10. The molecule has 2 aromatic carbocycles. The quantitative estimate of drug-likeness (QED) is 0.221. The maximum atomic E-state index is 14.4. The number of nitrogens with two attached hydrogens (primary N) is 1. The van der Waals surface area contributed by atoms with Crippen LogP contribution in [0, 0.1) is 5.82 Å². The van der Waals surface area contributed by atoms with E-state index in [2.05, 4.69) is 22.0 Å². The molecule has 2 aliphatic rings. The summed E-state index contributed by atoms with van der Waals surface area (Å²) in [4.78, 5) is 4.41. The minimum Gasteiger partial charge on any atom is -0.493 e. The van der Waals surface area contributed by atoms with E-state index in [4.69, 9.17) is 15.2 Å². The van der Waals surface area contributed by atoms with Gasteiger partial charge in [0.25, 0.3) is 0 Å². The molecular weight excluding hydrogens is 514 g/mol. The summed E-state index contributed by atoms with van der Waals surface area (Å²) < 4.78 is 69.5. The lowest BCUT2D eigenvalue weighted by atomic mass is 9.74. The lowest BCUT2D eigenvalue weighted by molar-refractivity contribution is -0.382. The number of hydrogen-bond acceptors (Lipinski definition) is 5. The van der Waals surface area contributed by atoms with Crippen molar-refractivity contribution in [2.45, 2.75) is 50.5 Å². The molecule has 3 N–H and O–H groups in total. The first-order valence-corrected chi connectivity index (χ1v) is 12.6. The largest absolute Gasteiger partial charge is 0.493 e. The summed E-state index contributed by atoms with van der Waals surface area (Å²) in [5.74, 6) is 0.732. The normalized spacial score (nSPS) is 22.7. The molecule has 7 nitrogen and oxygen atoms in total. The molecule has 0 saturated carbocycles. The van der Waals surface area contributed by atoms with Gasteiger partial charge < -0.3 is 20.5 Å². The molecule has 0 radical (unpaired) electrons. The molecule has 39 heavy (non-hydrogen) atoms. The first-order chi connectivity index (χ1) is 18.5. The van der Waals surface area contributed by atoms with Crippen molar-refractivity contribution in [2.75, 3.05) is 13.2 Å². The second kappa shape index (κ2) is 9.71. The number of benzene rings is 2. The van der Waals surface area contributed by atoms with Gasteiger partial charge in [-0.2, -0.15) is 18.3 Å². The van der Waals surface area contributed by atoms with Crippen LogP contribution in [0.15, 0.2) is 60.2 Å². The van der Waals surface area contributed by atoms with Crippen LogP contribution in [0.2, 0.25) is 0 Å². The monoisotopic (exact) mass is 543 g/mol. The van der Waals surface area contributed by atoms with Gasteiger partial charge in [0.1, 0.15) is 17.4 Å². The molecule has 0 amide bonds. The highest BCUT2D eigenvalue weighted by molar-refractivity contribution is 5.84. The Morgan fingerprint density at radius 1 is 1.23 bits per heavy atom. The van der Waals surface area contributed by atoms with Crippen LogP contribution in [0.5, 0.6) is 5.75 Å². The predicted molar refractivity (Wildman–Crippen MR) is 140 cm³/mol. The Labute approximate surface area is 223 Å². The number of hydrogen-bond donors (Lipinski definition) is 2. The number of para-hydroxylation sites is 1. The molecule has 5 rings (SSSR count). The Hall–Kier alpha value is -3.86. The topological polar surface area (TPSA) is 86.7 Å². The molecule has 2 aliphatic heterocycles. The Bertz CT molecular complexity index is 1420. The number of amidine groups is 1. The van der Waals surface area contributed by atoms with Crippen molar-refractivity contribution < 1.29 is 27.0 Å². The summed E-state index contributed by atoms with van der Waals surface area (Å²) in [6, 6.07) is 11.0. The van der Waals surface area contributed by atoms with Crippen molar-refractivity contribution >= 4 is 17.4 Å². The zero-order valence-corrected chi connectivity index (χ0v) is 21.6. The van der Waals surface area contributed by atoms with E-state index in [0.717, 1.165) is 5.56 Å². The standard InChI is InChI=1S/C28H29F4N5O2/c1-4-23(33)36-25-21(14-35-37(25)20-10-8-19(29)9-11-20)17(2)34-16-27(28(30,31)32)15-26(3,39-27)22-7-5-6-18-12-13-38-24(18)22/h5-11,14,34H,2,4,12-13,15-16H2,1,3H3,(H2,33,36). The van der Waals surface area contributed by atoms with Gasteiger partial charge in [0.15, 0.2) is 11.4 Å². The zero-order chi connectivity index (χ0) is 28.0. The van der Waals surface area contributed by atoms with E-state index in [1.165, 1.54) is 35.1 Å². The third-order valence-corrected chi connectivity index (χ3v) is 7.18. The van der Waals surface area contributed by atoms with Crippen LogP contribution < -0.4 is 15.8 Å². The second-order valence-electron chi connectivity index (χ2n) is 9.95. The number of fused-ring (bicyclic) bond motifs is 1. The lowest BCUT2D eigenvalue weighted by Gasteiger charge is -2.55. The Kier molecular flexibility index (Phi) is 6.66. The summed E-state index contributed by atoms with van der Waals surface area (Å²) in [6.07, 6.45) is -2.37. The van der Waals surface area contributed by atoms with Crippen LogP contribution in [0.4, 0.5) is 23.4 Å². The highest BCUT2D eigenvalue weighted by atomic mass is 19.4. The molecule has 1 saturated heterocycles. The first-order valence-electron chi connectivity index (χ1n) is 12.6. The molecule has 1 fully saturated rings. The summed E-state index contributed by atoms with van der Waals surface area (Å²) in [7, 11) is 0. The van der Waals surface area contributed by atoms with Crippen molar-refractivity contribution in [2.24, 2.45) is 10.7 Å². The SMILES string of the molecule is C=C(NCC1(C(F)(F)F)CC(C)(c2cccc3c2OCC3)O1)c1cnn(-c2ccc(F)cc2)c1/N=C(\N)CC. The Morgan fingerprint density at radius 2 is 1.95 bits per heavy atom. The zero-order valence-electron chi connectivity index (χ0n) is 21.6. The smallest absolute Gasteiger partial charge is 0.419 e. The summed E-state index contributed by atoms with van der Waals surface area (Å²) in [5.41, 5.74) is 4.97. The van der Waals surface area contributed by atoms with Crippen molar-refractivity contribution in [1.82, 2.24) is 15.1 Å². The van der Waals surface area contributed by atoms with Gasteiger partial charge in [0, 0.05) is 30.5 Å². The van der Waals surface area contributed by atoms with Crippen molar-refractivity contribution in [3.63, 3.8) is 0 Å². The van der Waals surface area contributed by atoms with Gasteiger partial charge in [-0.05, 0) is 36.8 Å². The molecular formula is C28H29F4N5O2. The van der Waals surface area contributed by atoms with Gasteiger partial charge in [-0.25, -0.2) is 14.1 Å². The average molecular weight is 544 g/mol. The molecule has 0 bridgehead atoms. The third kappa shape index (κ3) is 4.75. The fraction of sp³-hybridized carbons (Fsp3) is 0.357. The molecule has 0 aliphatic carbocycles. The minimum absolute atomic E-state index is 0.163. The van der Waals surface area contributed by atoms with E-state index < -0.39 is 29.7 Å². The van der Waals surface area contributed by atoms with Crippen molar-refractivity contribution in [1.29, 1.82) is 0 Å². The average Bonchev–Trinajstić information content (AvgIpc) is 3.52. The van der Waals surface area contributed by atoms with Crippen molar-refractivity contribution in [3.8, 4) is 11.4 Å². The molecule has 3 aromatic rings. The Morgan fingerprint density at radius 3 is 2.62 bits per heavy atom. The number of nitrogens with one attached hydrogen (secondary N) is 1. The van der Waals surface area contributed by atoms with E-state index in [1.54, 1.807) is 13.0 Å². The van der Waals surface area contributed by atoms with Gasteiger partial charge in [0.2, 0.25) is 0 Å². The van der Waals surface area contributed by atoms with Crippen LogP contribution >= 0.6 is 0 Å². The highest BCUT2D eigenvalue weighted by Crippen LogP contribution is 2.57. The third-order valence-electron chi connectivity index (χ3n) is 7.18. The Balaban J connectivity index is 1.40. The molecule has 2 atom stereocenters. The van der Waals surface area contributed by atoms with Crippen LogP contribution in [0.1, 0.15) is 43.4 Å². The van der Waals surface area contributed by atoms with E-state index in [1.807, 2.05) is 19.1 Å². The van der Waals surface area contributed by atoms with Gasteiger partial charge >= 0.3 is 6.18 Å². The summed E-state index contributed by atoms with van der Waals surface area (Å²) in [5, 5.41) is 7.11. The maximum Gasteiger partial charge on any atom is 0.419 e. The minimum atomic E-state index is -4.65. The number of rotatable bonds is 8. The summed E-state index contributed by atoms with van der Waals surface area (Å²) in [6.45, 7) is 7.33. The highest BCUT2D eigenvalue weighted by Gasteiger charge is 2.68. The van der Waals surface area contributed by atoms with Gasteiger partial charge in [-0.15, -0.1) is 0 Å². The molecule has 1 aromatic heterocycles. The van der Waals surface area contributed by atoms with Crippen LogP contribution in [0.3, 0.4) is 0 Å². The van der Waals surface area contributed by atoms with E-state index in [0.29, 0.717) is 42.0 Å². The van der Waals surface area contributed by atoms with Gasteiger partial charge in [0.05, 0.1) is 36.2 Å². The molecule has 206 valence electrons. The van der Waals surface area contributed by atoms with Crippen LogP contribution in [0.25, 0.3) is 11.4 Å².